The summed E-state index contributed by atoms with van der Waals surface area (Å²) >= 11 is 0. The van der Waals surface area contributed by atoms with Gasteiger partial charge in [0.2, 0.25) is 5.91 Å². The number of hydrogen-bond donors (Lipinski definition) is 0. The normalized spacial score (nSPS) is 46.0. The average molecular weight is 372 g/mol. The molecule has 27 heavy (non-hydrogen) atoms. The van der Waals surface area contributed by atoms with E-state index in [4.69, 9.17) is 0 Å². The molecule has 0 saturated heterocycles. The maximum absolute atomic E-state index is 12.3. The molecular weight excluding hydrogens is 334 g/mol. The molecule has 0 unspecified atom stereocenters. The van der Waals surface area contributed by atoms with Crippen molar-refractivity contribution in [2.45, 2.75) is 85.1 Å². The molecule has 0 aliphatic heterocycles. The van der Waals surface area contributed by atoms with Gasteiger partial charge < -0.3 is 4.90 Å². The van der Waals surface area contributed by atoms with Crippen molar-refractivity contribution >= 4 is 11.7 Å². The van der Waals surface area contributed by atoms with E-state index in [2.05, 4.69) is 19.9 Å². The molecule has 4 rings (SSSR count). The van der Waals surface area contributed by atoms with E-state index in [-0.39, 0.29) is 11.3 Å². The highest BCUT2D eigenvalue weighted by Gasteiger charge is 2.59. The Hall–Kier alpha value is -1.12. The van der Waals surface area contributed by atoms with Crippen LogP contribution in [-0.2, 0) is 9.59 Å². The standard InChI is InChI=1S/C24H37NO2/c1-15(26)20-8-9-21-19-7-6-17-14-18(25(5)16(2)27)10-12-23(17,3)22(19)11-13-24(20,21)4/h6,18-22H,7-14H2,1-5H3/t18-,19+,20-,21+,22+,23+,24-/m1/s1. The van der Waals surface area contributed by atoms with Crippen molar-refractivity contribution in [2.75, 3.05) is 7.05 Å². The maximum Gasteiger partial charge on any atom is 0.219 e. The smallest absolute Gasteiger partial charge is 0.219 e. The van der Waals surface area contributed by atoms with Gasteiger partial charge in [-0.25, -0.2) is 0 Å². The topological polar surface area (TPSA) is 37.4 Å². The molecule has 4 aliphatic rings. The zero-order valence-electron chi connectivity index (χ0n) is 17.9. The zero-order valence-corrected chi connectivity index (χ0v) is 17.9. The van der Waals surface area contributed by atoms with Gasteiger partial charge in [0, 0.05) is 25.9 Å². The Bertz CT molecular complexity index is 682. The Morgan fingerprint density at radius 2 is 1.78 bits per heavy atom. The predicted octanol–water partition coefficient (Wildman–Crippen LogP) is 5.00. The maximum atomic E-state index is 12.3. The van der Waals surface area contributed by atoms with Gasteiger partial charge in [0.05, 0.1) is 0 Å². The second kappa shape index (κ2) is 6.46. The van der Waals surface area contributed by atoms with Crippen LogP contribution in [0.3, 0.4) is 0 Å². The van der Waals surface area contributed by atoms with Crippen molar-refractivity contribution in [1.82, 2.24) is 4.90 Å². The summed E-state index contributed by atoms with van der Waals surface area (Å²) in [5.74, 6) is 3.14. The summed E-state index contributed by atoms with van der Waals surface area (Å²) in [7, 11) is 1.97. The molecule has 0 radical (unpaired) electrons. The van der Waals surface area contributed by atoms with Gasteiger partial charge in [-0.15, -0.1) is 0 Å². The van der Waals surface area contributed by atoms with Crippen LogP contribution in [0.1, 0.15) is 79.1 Å². The van der Waals surface area contributed by atoms with Crippen molar-refractivity contribution < 1.29 is 9.59 Å². The van der Waals surface area contributed by atoms with E-state index in [0.717, 1.165) is 37.0 Å². The third kappa shape index (κ3) is 2.75. The van der Waals surface area contributed by atoms with Gasteiger partial charge >= 0.3 is 0 Å². The van der Waals surface area contributed by atoms with E-state index in [0.29, 0.717) is 23.2 Å². The van der Waals surface area contributed by atoms with Crippen molar-refractivity contribution in [1.29, 1.82) is 0 Å². The van der Waals surface area contributed by atoms with Crippen molar-refractivity contribution in [3.8, 4) is 0 Å². The van der Waals surface area contributed by atoms with Crippen LogP contribution >= 0.6 is 0 Å². The Kier molecular flexibility index (Phi) is 4.59. The number of ketones is 1. The van der Waals surface area contributed by atoms with E-state index in [1.54, 1.807) is 12.5 Å². The fraction of sp³-hybridized carbons (Fsp3) is 0.833. The van der Waals surface area contributed by atoms with Crippen LogP contribution < -0.4 is 0 Å². The number of carbonyl (C=O) groups is 2. The molecule has 150 valence electrons. The SMILES string of the molecule is CC(=O)[C@H]1CC[C@H]2[C@@H]3CC=C4C[C@H](N(C)C(C)=O)CC[C@]4(C)[C@H]3CC[C@]12C. The van der Waals surface area contributed by atoms with Gasteiger partial charge in [-0.3, -0.25) is 9.59 Å². The minimum Gasteiger partial charge on any atom is -0.343 e. The van der Waals surface area contributed by atoms with Gasteiger partial charge in [0.1, 0.15) is 5.78 Å². The Labute approximate surface area is 165 Å². The molecule has 0 aromatic heterocycles. The van der Waals surface area contributed by atoms with Crippen LogP contribution in [0.15, 0.2) is 11.6 Å². The molecule has 0 aromatic rings. The molecule has 0 spiro atoms. The summed E-state index contributed by atoms with van der Waals surface area (Å²) in [4.78, 5) is 26.1. The van der Waals surface area contributed by atoms with Gasteiger partial charge in [-0.2, -0.15) is 0 Å². The molecule has 3 saturated carbocycles. The molecule has 0 N–H and O–H groups in total. The van der Waals surface area contributed by atoms with E-state index < -0.39 is 0 Å². The molecule has 0 aromatic carbocycles. The molecule has 4 aliphatic carbocycles. The monoisotopic (exact) mass is 371 g/mol. The van der Waals surface area contributed by atoms with Crippen LogP contribution in [-0.4, -0.2) is 29.7 Å². The Morgan fingerprint density at radius 3 is 2.44 bits per heavy atom. The second-order valence-corrected chi connectivity index (χ2v) is 10.6. The van der Waals surface area contributed by atoms with E-state index in [1.165, 1.54) is 32.1 Å². The van der Waals surface area contributed by atoms with Crippen molar-refractivity contribution in [2.24, 2.45) is 34.5 Å². The molecule has 7 atom stereocenters. The summed E-state index contributed by atoms with van der Waals surface area (Å²) in [6, 6.07) is 0.376. The van der Waals surface area contributed by atoms with E-state index in [1.807, 2.05) is 18.9 Å². The summed E-state index contributed by atoms with van der Waals surface area (Å²) in [5.41, 5.74) is 2.17. The molecule has 1 amide bonds. The first-order valence-corrected chi connectivity index (χ1v) is 11.1. The lowest BCUT2D eigenvalue weighted by atomic mass is 9.47. The average Bonchev–Trinajstić information content (AvgIpc) is 2.97. The van der Waals surface area contributed by atoms with E-state index in [9.17, 15) is 9.59 Å². The van der Waals surface area contributed by atoms with Crippen LogP contribution in [0.5, 0.6) is 0 Å². The molecule has 3 nitrogen and oxygen atoms in total. The first-order valence-electron chi connectivity index (χ1n) is 11.1. The lowest BCUT2D eigenvalue weighted by Crippen LogP contribution is -2.52. The quantitative estimate of drug-likeness (QED) is 0.641. The largest absolute Gasteiger partial charge is 0.343 e. The predicted molar refractivity (Wildman–Crippen MR) is 108 cm³/mol. The zero-order chi connectivity index (χ0) is 19.6. The van der Waals surface area contributed by atoms with Crippen LogP contribution in [0.4, 0.5) is 0 Å². The number of allylic oxidation sites excluding steroid dienone is 1. The lowest BCUT2D eigenvalue weighted by molar-refractivity contribution is -0.131. The number of nitrogens with zero attached hydrogens (tertiary/aromatic N) is 1. The minimum absolute atomic E-state index is 0.188. The fourth-order valence-corrected chi connectivity index (χ4v) is 7.90. The molecule has 0 bridgehead atoms. The van der Waals surface area contributed by atoms with E-state index >= 15 is 0 Å². The van der Waals surface area contributed by atoms with Crippen LogP contribution in [0, 0.1) is 34.5 Å². The number of carbonyl (C=O) groups excluding carboxylic acids is 2. The first kappa shape index (κ1) is 19.2. The number of Topliss-reactive ketones (excluding diaryl/α,β-unsaturated/α-hetero) is 1. The third-order valence-corrected chi connectivity index (χ3v) is 9.61. The van der Waals surface area contributed by atoms with Gasteiger partial charge in [-0.05, 0) is 86.9 Å². The summed E-state index contributed by atoms with van der Waals surface area (Å²) in [6.45, 7) is 8.44. The first-order chi connectivity index (χ1) is 12.7. The number of rotatable bonds is 2. The number of hydrogen-bond acceptors (Lipinski definition) is 2. The fourth-order valence-electron chi connectivity index (χ4n) is 7.90. The van der Waals surface area contributed by atoms with Gasteiger partial charge in [-0.1, -0.05) is 25.5 Å². The Balaban J connectivity index is 1.59. The molecule has 3 heteroatoms. The summed E-state index contributed by atoms with van der Waals surface area (Å²) < 4.78 is 0. The minimum atomic E-state index is 0.188. The molecule has 3 fully saturated rings. The lowest BCUT2D eigenvalue weighted by Gasteiger charge is -2.58. The van der Waals surface area contributed by atoms with Crippen molar-refractivity contribution in [3.63, 3.8) is 0 Å². The summed E-state index contributed by atoms with van der Waals surface area (Å²) in [5, 5.41) is 0. The summed E-state index contributed by atoms with van der Waals surface area (Å²) in [6.07, 6.45) is 12.0. The number of fused-ring (bicyclic) bond motifs is 5. The number of amides is 1. The third-order valence-electron chi connectivity index (χ3n) is 9.61. The molecular formula is C24H37NO2. The highest BCUT2D eigenvalue weighted by molar-refractivity contribution is 5.79. The van der Waals surface area contributed by atoms with Gasteiger partial charge in [0.25, 0.3) is 0 Å². The van der Waals surface area contributed by atoms with Crippen LogP contribution in [0.25, 0.3) is 0 Å². The van der Waals surface area contributed by atoms with Crippen molar-refractivity contribution in [3.05, 3.63) is 11.6 Å². The van der Waals surface area contributed by atoms with Crippen LogP contribution in [0.2, 0.25) is 0 Å². The van der Waals surface area contributed by atoms with Gasteiger partial charge in [0.15, 0.2) is 0 Å². The second-order valence-electron chi connectivity index (χ2n) is 10.6. The highest BCUT2D eigenvalue weighted by atomic mass is 16.2. The molecule has 0 heterocycles. The Morgan fingerprint density at radius 1 is 1.04 bits per heavy atom. The highest BCUT2D eigenvalue weighted by Crippen LogP contribution is 2.66.